The number of hydrogen-bond donors (Lipinski definition) is 0. The molecule has 2 amide bonds. The fourth-order valence-corrected chi connectivity index (χ4v) is 4.05. The Morgan fingerprint density at radius 2 is 1.83 bits per heavy atom. The summed E-state index contributed by atoms with van der Waals surface area (Å²) in [5.74, 6) is -0.234. The van der Waals surface area contributed by atoms with Gasteiger partial charge in [0.05, 0.1) is 17.2 Å². The molecule has 1 heterocycles. The molecule has 2 aromatic carbocycles. The van der Waals surface area contributed by atoms with Crippen molar-refractivity contribution >= 4 is 11.8 Å². The van der Waals surface area contributed by atoms with E-state index in [-0.39, 0.29) is 29.2 Å². The number of nitriles is 1. The number of halogens is 1. The number of carbonyl (C=O) groups is 2. The molecule has 0 bridgehead atoms. The maximum atomic E-state index is 14.7. The molecule has 0 spiro atoms. The summed E-state index contributed by atoms with van der Waals surface area (Å²) >= 11 is 0. The minimum Gasteiger partial charge on any atom is -0.342 e. The Hall–Kier alpha value is -3.20. The van der Waals surface area contributed by atoms with E-state index in [0.717, 1.165) is 31.4 Å². The summed E-state index contributed by atoms with van der Waals surface area (Å²) in [5.41, 5.74) is 2.02. The van der Waals surface area contributed by atoms with Crippen LogP contribution in [0.5, 0.6) is 0 Å². The third-order valence-electron chi connectivity index (χ3n) is 5.95. The van der Waals surface area contributed by atoms with Gasteiger partial charge in [0.1, 0.15) is 5.82 Å². The fraction of sp³-hybridized carbons (Fsp3) is 0.375. The molecular formula is C24H24FN3O2. The zero-order valence-corrected chi connectivity index (χ0v) is 17.0. The van der Waals surface area contributed by atoms with Gasteiger partial charge >= 0.3 is 0 Å². The Morgan fingerprint density at radius 1 is 1.13 bits per heavy atom. The van der Waals surface area contributed by atoms with Crippen LogP contribution in [0, 0.1) is 29.0 Å². The van der Waals surface area contributed by atoms with Crippen LogP contribution in [0.25, 0.3) is 11.1 Å². The van der Waals surface area contributed by atoms with Crippen molar-refractivity contribution in [2.45, 2.75) is 19.3 Å². The lowest BCUT2D eigenvalue weighted by Gasteiger charge is -2.22. The van der Waals surface area contributed by atoms with Gasteiger partial charge in [-0.3, -0.25) is 9.59 Å². The molecule has 1 aliphatic heterocycles. The highest BCUT2D eigenvalue weighted by Gasteiger charge is 2.37. The zero-order chi connectivity index (χ0) is 21.3. The fourth-order valence-electron chi connectivity index (χ4n) is 4.05. The first kappa shape index (κ1) is 20.1. The van der Waals surface area contributed by atoms with Gasteiger partial charge in [-0.1, -0.05) is 18.2 Å². The van der Waals surface area contributed by atoms with Crippen molar-refractivity contribution < 1.29 is 14.0 Å². The molecule has 2 aromatic rings. The van der Waals surface area contributed by atoms with Gasteiger partial charge in [0.15, 0.2) is 0 Å². The number of nitrogens with zero attached hydrogens (tertiary/aromatic N) is 3. The molecule has 0 N–H and O–H groups in total. The molecular weight excluding hydrogens is 381 g/mol. The first-order chi connectivity index (χ1) is 14.5. The summed E-state index contributed by atoms with van der Waals surface area (Å²) < 4.78 is 14.7. The molecule has 1 saturated heterocycles. The predicted molar refractivity (Wildman–Crippen MR) is 111 cm³/mol. The van der Waals surface area contributed by atoms with Gasteiger partial charge < -0.3 is 9.80 Å². The number of rotatable bonds is 5. The third-order valence-corrected chi connectivity index (χ3v) is 5.95. The molecule has 2 fully saturated rings. The SMILES string of the molecule is CN(C[C@@H]1CCN(C(=O)C2CC2)C1)C(=O)c1ccc(-c2ccc(C#N)cc2)cc1F. The molecule has 4 rings (SSSR count). The summed E-state index contributed by atoms with van der Waals surface area (Å²) in [6, 6.07) is 13.5. The number of hydrogen-bond acceptors (Lipinski definition) is 3. The summed E-state index contributed by atoms with van der Waals surface area (Å²) in [6.07, 6.45) is 2.86. The largest absolute Gasteiger partial charge is 0.342 e. The molecule has 154 valence electrons. The van der Waals surface area contributed by atoms with Crippen molar-refractivity contribution in [3.63, 3.8) is 0 Å². The van der Waals surface area contributed by atoms with E-state index < -0.39 is 5.82 Å². The molecule has 5 nitrogen and oxygen atoms in total. The molecule has 0 aromatic heterocycles. The van der Waals surface area contributed by atoms with Crippen molar-refractivity contribution in [2.24, 2.45) is 11.8 Å². The number of carbonyl (C=O) groups excluding carboxylic acids is 2. The second-order valence-electron chi connectivity index (χ2n) is 8.28. The van der Waals surface area contributed by atoms with Crippen molar-refractivity contribution in [2.75, 3.05) is 26.7 Å². The normalized spacial score (nSPS) is 18.2. The second kappa shape index (κ2) is 8.27. The third kappa shape index (κ3) is 4.20. The first-order valence-corrected chi connectivity index (χ1v) is 10.3. The van der Waals surface area contributed by atoms with Gasteiger partial charge in [-0.25, -0.2) is 4.39 Å². The average molecular weight is 405 g/mol. The van der Waals surface area contributed by atoms with E-state index in [1.54, 1.807) is 42.3 Å². The minimum atomic E-state index is -0.564. The molecule has 1 atom stereocenters. The summed E-state index contributed by atoms with van der Waals surface area (Å²) in [4.78, 5) is 28.5. The van der Waals surface area contributed by atoms with Gasteiger partial charge in [0, 0.05) is 32.6 Å². The Morgan fingerprint density at radius 3 is 2.47 bits per heavy atom. The summed E-state index contributed by atoms with van der Waals surface area (Å²) in [5, 5.41) is 8.89. The van der Waals surface area contributed by atoms with Gasteiger partial charge in [-0.05, 0) is 60.6 Å². The molecule has 0 radical (unpaired) electrons. The monoisotopic (exact) mass is 405 g/mol. The summed E-state index contributed by atoms with van der Waals surface area (Å²) in [6.45, 7) is 1.92. The van der Waals surface area contributed by atoms with Crippen LogP contribution in [-0.2, 0) is 4.79 Å². The van der Waals surface area contributed by atoms with E-state index in [9.17, 15) is 14.0 Å². The van der Waals surface area contributed by atoms with Crippen molar-refractivity contribution in [3.05, 3.63) is 59.4 Å². The highest BCUT2D eigenvalue weighted by molar-refractivity contribution is 5.95. The predicted octanol–water partition coefficient (Wildman–Crippen LogP) is 3.69. The van der Waals surface area contributed by atoms with Crippen LogP contribution in [0.2, 0.25) is 0 Å². The molecule has 2 aliphatic rings. The molecule has 6 heteroatoms. The van der Waals surface area contributed by atoms with Crippen molar-refractivity contribution in [1.29, 1.82) is 5.26 Å². The maximum Gasteiger partial charge on any atom is 0.256 e. The lowest BCUT2D eigenvalue weighted by atomic mass is 10.0. The Labute approximate surface area is 175 Å². The van der Waals surface area contributed by atoms with Crippen LogP contribution in [-0.4, -0.2) is 48.3 Å². The standard InChI is InChI=1S/C24H24FN3O2/c1-27(14-17-10-11-28(15-17)23(29)19-6-7-19)24(30)21-9-8-20(12-22(21)25)18-4-2-16(13-26)3-5-18/h2-5,8-9,12,17,19H,6-7,10-11,14-15H2,1H3/t17-/m0/s1. The van der Waals surface area contributed by atoms with Crippen molar-refractivity contribution in [3.8, 4) is 17.2 Å². The minimum absolute atomic E-state index is 0.0406. The van der Waals surface area contributed by atoms with Crippen LogP contribution in [0.3, 0.4) is 0 Å². The van der Waals surface area contributed by atoms with E-state index >= 15 is 0 Å². The van der Waals surface area contributed by atoms with Crippen molar-refractivity contribution in [1.82, 2.24) is 9.80 Å². The maximum absolute atomic E-state index is 14.7. The van der Waals surface area contributed by atoms with Gasteiger partial charge in [-0.2, -0.15) is 5.26 Å². The van der Waals surface area contributed by atoms with Gasteiger partial charge in [0.25, 0.3) is 5.91 Å². The quantitative estimate of drug-likeness (QED) is 0.762. The van der Waals surface area contributed by atoms with E-state index in [1.807, 2.05) is 4.90 Å². The van der Waals surface area contributed by atoms with E-state index in [0.29, 0.717) is 24.2 Å². The molecule has 1 aliphatic carbocycles. The zero-order valence-electron chi connectivity index (χ0n) is 17.0. The molecule has 1 saturated carbocycles. The topological polar surface area (TPSA) is 64.4 Å². The Bertz CT molecular complexity index is 1010. The Balaban J connectivity index is 1.40. The van der Waals surface area contributed by atoms with Gasteiger partial charge in [0.2, 0.25) is 5.91 Å². The first-order valence-electron chi connectivity index (χ1n) is 10.3. The van der Waals surface area contributed by atoms with Gasteiger partial charge in [-0.15, -0.1) is 0 Å². The van der Waals surface area contributed by atoms with E-state index in [4.69, 9.17) is 5.26 Å². The van der Waals surface area contributed by atoms with Crippen LogP contribution in [0.1, 0.15) is 35.2 Å². The van der Waals surface area contributed by atoms with Crippen LogP contribution >= 0.6 is 0 Å². The van der Waals surface area contributed by atoms with E-state index in [1.165, 1.54) is 12.1 Å². The lowest BCUT2D eigenvalue weighted by Crippen LogP contribution is -2.35. The average Bonchev–Trinajstić information content (AvgIpc) is 3.51. The highest BCUT2D eigenvalue weighted by Crippen LogP contribution is 2.33. The second-order valence-corrected chi connectivity index (χ2v) is 8.28. The highest BCUT2D eigenvalue weighted by atomic mass is 19.1. The van der Waals surface area contributed by atoms with E-state index in [2.05, 4.69) is 6.07 Å². The van der Waals surface area contributed by atoms with Crippen LogP contribution < -0.4 is 0 Å². The number of benzene rings is 2. The Kier molecular flexibility index (Phi) is 5.54. The van der Waals surface area contributed by atoms with Crippen LogP contribution in [0.4, 0.5) is 4.39 Å². The smallest absolute Gasteiger partial charge is 0.256 e. The summed E-state index contributed by atoms with van der Waals surface area (Å²) in [7, 11) is 1.68. The number of likely N-dealkylation sites (tertiary alicyclic amines) is 1. The van der Waals surface area contributed by atoms with Crippen LogP contribution in [0.15, 0.2) is 42.5 Å². The molecule has 0 unspecified atom stereocenters. The lowest BCUT2D eigenvalue weighted by molar-refractivity contribution is -0.131. The number of amides is 2. The molecule has 30 heavy (non-hydrogen) atoms.